The summed E-state index contributed by atoms with van der Waals surface area (Å²) < 4.78 is 0. The van der Waals surface area contributed by atoms with Crippen molar-refractivity contribution >= 4 is 0 Å². The highest BCUT2D eigenvalue weighted by molar-refractivity contribution is 4.98. The Kier molecular flexibility index (Phi) is 1.88. The van der Waals surface area contributed by atoms with Crippen molar-refractivity contribution in [3.05, 3.63) is 0 Å². The number of rotatable bonds is 2. The Balaban J connectivity index is 1.67. The molecule has 2 unspecified atom stereocenters. The van der Waals surface area contributed by atoms with Crippen molar-refractivity contribution in [2.24, 2.45) is 11.7 Å². The third kappa shape index (κ3) is 1.50. The molecule has 2 heteroatoms. The maximum Gasteiger partial charge on any atom is 0.0114 e. The summed E-state index contributed by atoms with van der Waals surface area (Å²) in [5.41, 5.74) is 6.04. The maximum absolute atomic E-state index is 6.04. The molecule has 0 radical (unpaired) electrons. The van der Waals surface area contributed by atoms with E-state index in [-0.39, 0.29) is 0 Å². The van der Waals surface area contributed by atoms with Crippen LogP contribution in [0, 0.1) is 5.92 Å². The third-order valence-corrected chi connectivity index (χ3v) is 4.09. The Morgan fingerprint density at radius 3 is 2.15 bits per heavy atom. The molecule has 2 heterocycles. The molecule has 1 aliphatic carbocycles. The molecule has 0 aromatic heterocycles. The number of hydrogen-bond acceptors (Lipinski definition) is 2. The molecule has 13 heavy (non-hydrogen) atoms. The van der Waals surface area contributed by atoms with Crippen LogP contribution >= 0.6 is 0 Å². The summed E-state index contributed by atoms with van der Waals surface area (Å²) in [6.07, 6.45) is 8.35. The first-order chi connectivity index (χ1) is 6.33. The van der Waals surface area contributed by atoms with Gasteiger partial charge in [0.25, 0.3) is 0 Å². The van der Waals surface area contributed by atoms with E-state index < -0.39 is 0 Å². The van der Waals surface area contributed by atoms with Gasteiger partial charge in [0.2, 0.25) is 0 Å². The number of hydrogen-bond donors (Lipinski definition) is 1. The van der Waals surface area contributed by atoms with Crippen LogP contribution in [0.5, 0.6) is 0 Å². The van der Waals surface area contributed by atoms with Crippen molar-refractivity contribution in [2.45, 2.75) is 56.7 Å². The summed E-state index contributed by atoms with van der Waals surface area (Å²) in [7, 11) is 0. The van der Waals surface area contributed by atoms with Gasteiger partial charge in [0.15, 0.2) is 0 Å². The zero-order chi connectivity index (χ0) is 8.84. The lowest BCUT2D eigenvalue weighted by molar-refractivity contribution is 0.122. The van der Waals surface area contributed by atoms with E-state index in [4.69, 9.17) is 5.73 Å². The van der Waals surface area contributed by atoms with Crippen LogP contribution < -0.4 is 5.73 Å². The highest BCUT2D eigenvalue weighted by atomic mass is 15.2. The largest absolute Gasteiger partial charge is 0.328 e. The number of nitrogens with zero attached hydrogens (tertiary/aromatic N) is 1. The minimum Gasteiger partial charge on any atom is -0.328 e. The second-order valence-corrected chi connectivity index (χ2v) is 5.26. The van der Waals surface area contributed by atoms with Gasteiger partial charge in [-0.05, 0) is 44.4 Å². The zero-order valence-electron chi connectivity index (χ0n) is 8.28. The molecule has 0 amide bonds. The SMILES string of the molecule is NC1CC2CCC(C1)N2CC1CC1. The fraction of sp³-hybridized carbons (Fsp3) is 1.00. The summed E-state index contributed by atoms with van der Waals surface area (Å²) in [4.78, 5) is 2.78. The van der Waals surface area contributed by atoms with Crippen LogP contribution in [0.2, 0.25) is 0 Å². The fourth-order valence-corrected chi connectivity index (χ4v) is 3.21. The van der Waals surface area contributed by atoms with Crippen molar-refractivity contribution in [2.75, 3.05) is 6.54 Å². The Labute approximate surface area is 80.5 Å². The van der Waals surface area contributed by atoms with Gasteiger partial charge in [-0.2, -0.15) is 0 Å². The minimum atomic E-state index is 0.507. The highest BCUT2D eigenvalue weighted by Gasteiger charge is 2.41. The lowest BCUT2D eigenvalue weighted by atomic mass is 9.98. The Morgan fingerprint density at radius 2 is 1.62 bits per heavy atom. The summed E-state index contributed by atoms with van der Waals surface area (Å²) in [6, 6.07) is 2.22. The van der Waals surface area contributed by atoms with Crippen LogP contribution in [-0.4, -0.2) is 29.6 Å². The average Bonchev–Trinajstić information content (AvgIpc) is 2.83. The summed E-state index contributed by atoms with van der Waals surface area (Å²) >= 11 is 0. The van der Waals surface area contributed by atoms with E-state index in [0.29, 0.717) is 6.04 Å². The first-order valence-corrected chi connectivity index (χ1v) is 5.84. The van der Waals surface area contributed by atoms with Gasteiger partial charge in [0.05, 0.1) is 0 Å². The molecule has 2 aliphatic heterocycles. The molecule has 0 spiro atoms. The second kappa shape index (κ2) is 2.96. The van der Waals surface area contributed by atoms with Crippen LogP contribution in [0.4, 0.5) is 0 Å². The normalized spacial score (nSPS) is 45.5. The van der Waals surface area contributed by atoms with Crippen LogP contribution in [0.3, 0.4) is 0 Å². The topological polar surface area (TPSA) is 29.3 Å². The molecule has 2 bridgehead atoms. The predicted molar refractivity (Wildman–Crippen MR) is 53.4 cm³/mol. The molecule has 2 saturated heterocycles. The molecule has 74 valence electrons. The smallest absolute Gasteiger partial charge is 0.0114 e. The molecule has 3 fully saturated rings. The van der Waals surface area contributed by atoms with E-state index in [0.717, 1.165) is 18.0 Å². The predicted octanol–water partition coefficient (Wildman–Crippen LogP) is 1.35. The second-order valence-electron chi connectivity index (χ2n) is 5.26. The van der Waals surface area contributed by atoms with Gasteiger partial charge in [-0.3, -0.25) is 4.90 Å². The summed E-state index contributed by atoms with van der Waals surface area (Å²) in [5.74, 6) is 1.05. The van der Waals surface area contributed by atoms with Gasteiger partial charge >= 0.3 is 0 Å². The van der Waals surface area contributed by atoms with Gasteiger partial charge in [-0.25, -0.2) is 0 Å². The first kappa shape index (κ1) is 8.25. The van der Waals surface area contributed by atoms with Crippen LogP contribution in [0.25, 0.3) is 0 Å². The molecule has 0 aromatic carbocycles. The minimum absolute atomic E-state index is 0.507. The quantitative estimate of drug-likeness (QED) is 0.695. The molecule has 3 aliphatic rings. The van der Waals surface area contributed by atoms with Crippen LogP contribution in [-0.2, 0) is 0 Å². The monoisotopic (exact) mass is 180 g/mol. The molecule has 2 atom stereocenters. The number of fused-ring (bicyclic) bond motifs is 2. The highest BCUT2D eigenvalue weighted by Crippen LogP contribution is 2.39. The molecular formula is C11H20N2. The van der Waals surface area contributed by atoms with Crippen molar-refractivity contribution in [3.63, 3.8) is 0 Å². The van der Waals surface area contributed by atoms with Crippen molar-refractivity contribution in [3.8, 4) is 0 Å². The molecular weight excluding hydrogens is 160 g/mol. The molecule has 3 rings (SSSR count). The standard InChI is InChI=1S/C11H20N2/c12-9-5-10-3-4-11(6-9)13(10)7-8-1-2-8/h8-11H,1-7,12H2. The van der Waals surface area contributed by atoms with E-state index in [2.05, 4.69) is 4.90 Å². The molecule has 2 N–H and O–H groups in total. The lowest BCUT2D eigenvalue weighted by Gasteiger charge is -2.37. The Bertz CT molecular complexity index is 186. The van der Waals surface area contributed by atoms with E-state index in [1.165, 1.54) is 45.1 Å². The molecule has 0 aromatic rings. The van der Waals surface area contributed by atoms with Crippen molar-refractivity contribution in [1.29, 1.82) is 0 Å². The van der Waals surface area contributed by atoms with Crippen LogP contribution in [0.15, 0.2) is 0 Å². The summed E-state index contributed by atoms with van der Waals surface area (Å²) in [5, 5.41) is 0. The van der Waals surface area contributed by atoms with Gasteiger partial charge < -0.3 is 5.73 Å². The maximum atomic E-state index is 6.04. The number of nitrogens with two attached hydrogens (primary N) is 1. The Morgan fingerprint density at radius 1 is 1.00 bits per heavy atom. The average molecular weight is 180 g/mol. The number of piperidine rings is 1. The van der Waals surface area contributed by atoms with Gasteiger partial charge in [-0.1, -0.05) is 0 Å². The first-order valence-electron chi connectivity index (χ1n) is 5.84. The van der Waals surface area contributed by atoms with E-state index in [1.807, 2.05) is 0 Å². The molecule has 1 saturated carbocycles. The summed E-state index contributed by atoms with van der Waals surface area (Å²) in [6.45, 7) is 1.39. The molecule has 2 nitrogen and oxygen atoms in total. The van der Waals surface area contributed by atoms with Crippen LogP contribution in [0.1, 0.15) is 38.5 Å². The fourth-order valence-electron chi connectivity index (χ4n) is 3.21. The van der Waals surface area contributed by atoms with Crippen molar-refractivity contribution in [1.82, 2.24) is 4.90 Å². The Hall–Kier alpha value is -0.0800. The third-order valence-electron chi connectivity index (χ3n) is 4.09. The van der Waals surface area contributed by atoms with Gasteiger partial charge in [-0.15, -0.1) is 0 Å². The zero-order valence-corrected chi connectivity index (χ0v) is 8.28. The van der Waals surface area contributed by atoms with Crippen molar-refractivity contribution < 1.29 is 0 Å². The van der Waals surface area contributed by atoms with E-state index in [9.17, 15) is 0 Å². The van der Waals surface area contributed by atoms with Gasteiger partial charge in [0.1, 0.15) is 0 Å². The lowest BCUT2D eigenvalue weighted by Crippen LogP contribution is -2.48. The van der Waals surface area contributed by atoms with E-state index >= 15 is 0 Å². The van der Waals surface area contributed by atoms with E-state index in [1.54, 1.807) is 0 Å². The van der Waals surface area contributed by atoms with Gasteiger partial charge in [0, 0.05) is 24.7 Å².